The summed E-state index contributed by atoms with van der Waals surface area (Å²) >= 11 is 1.98. The van der Waals surface area contributed by atoms with Gasteiger partial charge in [0.05, 0.1) is 43.8 Å². The fraction of sp³-hybridized carbons (Fsp3) is 0.494. The topological polar surface area (TPSA) is 613 Å². The van der Waals surface area contributed by atoms with Gasteiger partial charge in [-0.2, -0.15) is 0 Å². The molecule has 0 spiro atoms. The Morgan fingerprint density at radius 3 is 1.69 bits per heavy atom. The van der Waals surface area contributed by atoms with E-state index in [0.717, 1.165) is 68.3 Å². The molecule has 0 unspecified atom stereocenters. The van der Waals surface area contributed by atoms with Crippen LogP contribution in [0.2, 0.25) is 0 Å². The molecule has 0 bridgehead atoms. The number of nitrogens with zero attached hydrogens (tertiary/aromatic N) is 1. The number of aromatic hydroxyl groups is 1. The van der Waals surface area contributed by atoms with Crippen molar-refractivity contribution >= 4 is 156 Å². The number of amides is 16. The van der Waals surface area contributed by atoms with Gasteiger partial charge in [-0.3, -0.25) is 82.1 Å². The molecule has 16 amide bonds. The second-order valence-corrected chi connectivity index (χ2v) is 30.5. The molecule has 0 radical (unpaired) electrons. The molecule has 0 aromatic heterocycles. The number of primary amides is 2. The normalized spacial score (nSPS) is 15.3. The molecule has 40 heteroatoms. The minimum atomic E-state index is -1.80. The van der Waals surface area contributed by atoms with Gasteiger partial charge >= 0.3 is 0 Å². The van der Waals surface area contributed by atoms with Crippen molar-refractivity contribution in [2.24, 2.45) is 28.9 Å². The largest absolute Gasteiger partial charge is 0.508 e. The Morgan fingerprint density at radius 1 is 0.547 bits per heavy atom. The maximum absolute atomic E-state index is 14.8. The van der Waals surface area contributed by atoms with Crippen LogP contribution in [0.1, 0.15) is 110 Å². The quantitative estimate of drug-likeness (QED) is 0.00591. The van der Waals surface area contributed by atoms with Gasteiger partial charge in [-0.05, 0) is 127 Å². The van der Waals surface area contributed by atoms with Gasteiger partial charge in [0.1, 0.15) is 66.2 Å². The van der Waals surface area contributed by atoms with Crippen LogP contribution >= 0.6 is 23.5 Å². The van der Waals surface area contributed by atoms with Crippen LogP contribution < -0.4 is 97.4 Å². The number of phenolic OH excluding ortho intramolecular Hbond substituents is 1. The second-order valence-electron chi connectivity index (χ2n) is 28.5. The summed E-state index contributed by atoms with van der Waals surface area (Å²) in [4.78, 5) is 218. The summed E-state index contributed by atoms with van der Waals surface area (Å²) in [5.41, 5.74) is 23.6. The van der Waals surface area contributed by atoms with Gasteiger partial charge in [0.25, 0.3) is 0 Å². The number of likely N-dealkylation sites (tertiary alicyclic amines) is 1. The monoisotopic (exact) mass is 1660 g/mol. The molecule has 0 aliphatic carbocycles. The molecule has 1 aliphatic heterocycles. The molecule has 636 valence electrons. The van der Waals surface area contributed by atoms with Crippen LogP contribution in [0.25, 0.3) is 32.3 Å². The molecule has 0 saturated carbocycles. The highest BCUT2D eigenvalue weighted by atomic mass is 32.2. The Labute approximate surface area is 684 Å². The molecule has 5 aromatic carbocycles. The van der Waals surface area contributed by atoms with E-state index in [-0.39, 0.29) is 99.5 Å². The molecule has 12 atom stereocenters. The summed E-state index contributed by atoms with van der Waals surface area (Å²) in [7, 11) is 0. The van der Waals surface area contributed by atoms with Crippen molar-refractivity contribution in [1.82, 2.24) is 79.3 Å². The molecule has 1 heterocycles. The number of unbranched alkanes of at least 4 members (excludes halogenated alkanes) is 1. The Kier molecular flexibility index (Phi) is 37.7. The van der Waals surface area contributed by atoms with Gasteiger partial charge in [-0.1, -0.05) is 87.0 Å². The van der Waals surface area contributed by atoms with Gasteiger partial charge < -0.3 is 112 Å². The van der Waals surface area contributed by atoms with Crippen LogP contribution in [-0.2, 0) is 89.6 Å². The van der Waals surface area contributed by atoms with Crippen molar-refractivity contribution < 1.29 is 86.9 Å². The van der Waals surface area contributed by atoms with E-state index in [9.17, 15) is 86.9 Å². The van der Waals surface area contributed by atoms with Crippen molar-refractivity contribution in [3.63, 3.8) is 0 Å². The lowest BCUT2D eigenvalue weighted by Crippen LogP contribution is -2.61. The first-order chi connectivity index (χ1) is 55.6. The highest BCUT2D eigenvalue weighted by Crippen LogP contribution is 2.36. The number of phenols is 1. The predicted molar refractivity (Wildman–Crippen MR) is 438 cm³/mol. The molecule has 1 fully saturated rings. The Morgan fingerprint density at radius 2 is 1.09 bits per heavy atom. The summed E-state index contributed by atoms with van der Waals surface area (Å²) in [5, 5.41) is 69.7. The number of guanidine groups is 1. The molecular weight excluding hydrogens is 1560 g/mol. The number of benzene rings is 5. The van der Waals surface area contributed by atoms with Gasteiger partial charge in [0, 0.05) is 44.9 Å². The van der Waals surface area contributed by atoms with E-state index < -0.39 is 186 Å². The minimum Gasteiger partial charge on any atom is -0.508 e. The molecule has 6 rings (SSSR count). The van der Waals surface area contributed by atoms with E-state index in [4.69, 9.17) is 28.3 Å². The predicted octanol–water partition coefficient (Wildman–Crippen LogP) is -3.49. The Balaban J connectivity index is 1.08. The summed E-state index contributed by atoms with van der Waals surface area (Å²) in [6, 6.07) is 8.93. The fourth-order valence-electron chi connectivity index (χ4n) is 12.8. The van der Waals surface area contributed by atoms with Crippen LogP contribution in [-0.4, -0.2) is 238 Å². The first-order valence-corrected chi connectivity index (χ1v) is 40.6. The van der Waals surface area contributed by atoms with E-state index in [0.29, 0.717) is 24.8 Å². The fourth-order valence-corrected chi connectivity index (χ4v) is 14.6. The number of nitrogens with one attached hydrogen (secondary N) is 15. The van der Waals surface area contributed by atoms with Crippen molar-refractivity contribution in [1.29, 1.82) is 5.41 Å². The maximum Gasteiger partial charge on any atom is 0.246 e. The number of aliphatic hydroxyl groups excluding tert-OH is 1. The van der Waals surface area contributed by atoms with Gasteiger partial charge in [-0.25, -0.2) is 0 Å². The number of thioether (sulfide) groups is 2. The van der Waals surface area contributed by atoms with Crippen LogP contribution in [0, 0.1) is 11.3 Å². The first-order valence-electron chi connectivity index (χ1n) is 38.3. The average molecular weight is 1670 g/mol. The zero-order valence-electron chi connectivity index (χ0n) is 66.1. The van der Waals surface area contributed by atoms with Crippen LogP contribution in [0.4, 0.5) is 0 Å². The number of hydrogen-bond acceptors (Lipinski definition) is 22. The van der Waals surface area contributed by atoms with E-state index in [1.165, 1.54) is 49.9 Å². The highest BCUT2D eigenvalue weighted by Gasteiger charge is 2.41. The summed E-state index contributed by atoms with van der Waals surface area (Å²) < 4.78 is 0. The van der Waals surface area contributed by atoms with Crippen LogP contribution in [0.5, 0.6) is 5.75 Å². The maximum atomic E-state index is 14.8. The first kappa shape index (κ1) is 94.2. The van der Waals surface area contributed by atoms with E-state index in [1.54, 1.807) is 13.8 Å². The summed E-state index contributed by atoms with van der Waals surface area (Å²) in [6.45, 7) is 7.15. The van der Waals surface area contributed by atoms with Crippen molar-refractivity contribution in [3.05, 3.63) is 90.0 Å². The zero-order valence-corrected chi connectivity index (χ0v) is 67.7. The number of rotatable bonds is 48. The summed E-state index contributed by atoms with van der Waals surface area (Å²) in [5.74, 6) is -15.2. The molecule has 1 saturated heterocycles. The molecule has 117 heavy (non-hydrogen) atoms. The lowest BCUT2D eigenvalue weighted by molar-refractivity contribution is -0.142. The number of hydrogen-bond donors (Lipinski definition) is 21. The van der Waals surface area contributed by atoms with Crippen molar-refractivity contribution in [2.45, 2.75) is 179 Å². The zero-order chi connectivity index (χ0) is 86.2. The summed E-state index contributed by atoms with van der Waals surface area (Å²) in [6.07, 6.45) is -1.21. The number of carbonyl (C=O) groups is 16. The lowest BCUT2D eigenvalue weighted by Gasteiger charge is -2.31. The smallest absolute Gasteiger partial charge is 0.246 e. The van der Waals surface area contributed by atoms with Crippen LogP contribution in [0.3, 0.4) is 0 Å². The standard InChI is InChI=1S/C77H108N20O18S2/c1-7-40(2)65(95-71(110)52(16-11-29-83-77(81)82)89-61(104)34-84-60(103)32-49-23-22-48-21-20-46-13-10-14-47-24-27-51(49)64(48)63(46)47)74(113)94-57(37-117-39-87-44(6)100)76(115)97-30-12-17-58(97)73(112)88-41(3)68(107)93-55(33-59(79)102)69(108)85-35-62(105)90-56(36-116-38-86-43(5)99)72(111)96-66(42(4)98)75(114)91-53(15-8-9-28-78)70(109)92-54(67(80)106)31-45-18-25-50(101)26-19-45/h10,13-14,18-27,40-42,52-58,65-66,98,101H,7-9,11-12,15-17,28-39,78H2,1-6H3,(H2,79,102)(H2,80,106)(H,84,103)(H,85,108)(H,86,99)(H,87,100)(H,88,112)(H,89,104)(H,90,105)(H,91,114)(H,92,109)(H,93,107)(H,94,113)(H,95,110)(H,96,111)(H4,81,82,83)/t40-,41-,42+,52-,53-,54-,55-,56-,57-,58-,65-,66-/m0/s1. The van der Waals surface area contributed by atoms with E-state index in [1.807, 2.05) is 54.6 Å². The lowest BCUT2D eigenvalue weighted by atomic mass is 9.91. The minimum absolute atomic E-state index is 0.0187. The Bertz CT molecular complexity index is 4370. The Hall–Kier alpha value is -11.6. The third kappa shape index (κ3) is 29.9. The SMILES string of the molecule is CC[C@H](C)[C@H](NC(=O)[C@H](CCCNC(=N)N)NC(=O)CNC(=O)Cc1ccc2ccc3cccc4ccc1c2c34)C(=O)N[C@@H](CSCNC(C)=O)C(=O)N1CCC[C@H]1C(=O)N[C@@H](C)C(=O)N[C@@H](CC(N)=O)C(=O)NCC(=O)N[C@@H](CSCNC(C)=O)C(=O)N[C@H](C(=O)N[C@@H](CCCCN)C(=O)N[C@@H](Cc1ccc(O)cc1)C(N)=O)[C@@H](C)O. The number of carbonyl (C=O) groups excluding carboxylic acids is 16. The average Bonchev–Trinajstić information content (AvgIpc) is 0.972. The van der Waals surface area contributed by atoms with Crippen molar-refractivity contribution in [2.75, 3.05) is 56.0 Å². The van der Waals surface area contributed by atoms with E-state index in [2.05, 4.69) is 74.4 Å². The van der Waals surface area contributed by atoms with Gasteiger partial charge in [0.15, 0.2) is 5.96 Å². The number of nitrogens with two attached hydrogens (primary N) is 4. The second kappa shape index (κ2) is 46.8. The van der Waals surface area contributed by atoms with E-state index >= 15 is 0 Å². The molecule has 25 N–H and O–H groups in total. The molecule has 1 aliphatic rings. The molecule has 5 aromatic rings. The van der Waals surface area contributed by atoms with Gasteiger partial charge in [0.2, 0.25) is 94.5 Å². The molecular formula is C77H108N20O18S2. The number of aliphatic hydroxyl groups is 1. The highest BCUT2D eigenvalue weighted by molar-refractivity contribution is 7.99. The third-order valence-electron chi connectivity index (χ3n) is 19.3. The molecule has 38 nitrogen and oxygen atoms in total. The van der Waals surface area contributed by atoms with Crippen molar-refractivity contribution in [3.8, 4) is 5.75 Å². The third-order valence-corrected chi connectivity index (χ3v) is 21.1. The van der Waals surface area contributed by atoms with Gasteiger partial charge in [-0.15, -0.1) is 23.5 Å². The van der Waals surface area contributed by atoms with Crippen LogP contribution in [0.15, 0.2) is 78.9 Å².